The van der Waals surface area contributed by atoms with Crippen LogP contribution in [-0.2, 0) is 6.42 Å². The average Bonchev–Trinajstić information content (AvgIpc) is 3.01. The molecule has 0 aliphatic heterocycles. The topological polar surface area (TPSA) is 37.8 Å². The Bertz CT molecular complexity index is 472. The maximum atomic E-state index is 4.97. The van der Waals surface area contributed by atoms with Crippen LogP contribution < -0.4 is 5.32 Å². The zero-order valence-electron chi connectivity index (χ0n) is 13.6. The largest absolute Gasteiger partial charge is 0.310 e. The molecule has 1 fully saturated rings. The zero-order valence-corrected chi connectivity index (χ0v) is 13.6. The Morgan fingerprint density at radius 3 is 2.90 bits per heavy atom. The first-order valence-electron chi connectivity index (χ1n) is 8.90. The minimum absolute atomic E-state index is 0.481. The van der Waals surface area contributed by atoms with E-state index >= 15 is 0 Å². The summed E-state index contributed by atoms with van der Waals surface area (Å²) in [5.41, 5.74) is 2.68. The van der Waals surface area contributed by atoms with Gasteiger partial charge in [0.1, 0.15) is 5.82 Å². The van der Waals surface area contributed by atoms with Crippen molar-refractivity contribution in [1.29, 1.82) is 0 Å². The van der Waals surface area contributed by atoms with Crippen LogP contribution in [0.4, 0.5) is 0 Å². The summed E-state index contributed by atoms with van der Waals surface area (Å²) in [6.45, 7) is 5.62. The Labute approximate surface area is 129 Å². The predicted molar refractivity (Wildman–Crippen MR) is 86.4 cm³/mol. The second-order valence-electron chi connectivity index (χ2n) is 6.81. The Balaban J connectivity index is 1.75. The number of aryl methyl sites for hydroxylation is 1. The molecule has 0 aromatic carbocycles. The number of rotatable bonds is 5. The average molecular weight is 287 g/mol. The molecule has 0 radical (unpaired) electrons. The molecule has 0 saturated heterocycles. The molecule has 3 heteroatoms. The molecule has 3 nitrogen and oxygen atoms in total. The zero-order chi connectivity index (χ0) is 14.7. The van der Waals surface area contributed by atoms with Crippen molar-refractivity contribution in [3.05, 3.63) is 23.3 Å². The van der Waals surface area contributed by atoms with E-state index in [0.717, 1.165) is 24.7 Å². The van der Waals surface area contributed by atoms with E-state index in [4.69, 9.17) is 9.97 Å². The second kappa shape index (κ2) is 6.87. The summed E-state index contributed by atoms with van der Waals surface area (Å²) in [5.74, 6) is 2.64. The van der Waals surface area contributed by atoms with Crippen molar-refractivity contribution in [3.8, 4) is 0 Å². The third kappa shape index (κ3) is 3.28. The Kier molecular flexibility index (Phi) is 4.89. The molecule has 0 spiro atoms. The van der Waals surface area contributed by atoms with E-state index in [1.54, 1.807) is 0 Å². The first-order chi connectivity index (χ1) is 10.3. The van der Waals surface area contributed by atoms with Crippen molar-refractivity contribution >= 4 is 0 Å². The van der Waals surface area contributed by atoms with Gasteiger partial charge in [-0.05, 0) is 57.4 Å². The van der Waals surface area contributed by atoms with Crippen molar-refractivity contribution in [1.82, 2.24) is 15.3 Å². The van der Waals surface area contributed by atoms with Gasteiger partial charge in [0.05, 0.1) is 0 Å². The first-order valence-corrected chi connectivity index (χ1v) is 8.90. The minimum atomic E-state index is 0.481. The summed E-state index contributed by atoms with van der Waals surface area (Å²) < 4.78 is 0. The van der Waals surface area contributed by atoms with Crippen LogP contribution in [0.3, 0.4) is 0 Å². The molecule has 0 amide bonds. The smallest absolute Gasteiger partial charge is 0.131 e. The van der Waals surface area contributed by atoms with Gasteiger partial charge >= 0.3 is 0 Å². The number of hydrogen-bond donors (Lipinski definition) is 1. The Morgan fingerprint density at radius 1 is 1.24 bits per heavy atom. The molecule has 3 atom stereocenters. The summed E-state index contributed by atoms with van der Waals surface area (Å²) in [7, 11) is 0. The maximum absolute atomic E-state index is 4.97. The molecule has 2 aliphatic rings. The van der Waals surface area contributed by atoms with E-state index < -0.39 is 0 Å². The summed E-state index contributed by atoms with van der Waals surface area (Å²) in [5, 5.41) is 3.65. The predicted octanol–water partition coefficient (Wildman–Crippen LogP) is 4.15. The molecular weight excluding hydrogens is 258 g/mol. The fourth-order valence-corrected chi connectivity index (χ4v) is 3.97. The summed E-state index contributed by atoms with van der Waals surface area (Å²) in [4.78, 5) is 9.72. The fraction of sp³-hybridized carbons (Fsp3) is 0.778. The van der Waals surface area contributed by atoms with Crippen molar-refractivity contribution < 1.29 is 0 Å². The van der Waals surface area contributed by atoms with Crippen LogP contribution in [0.15, 0.2) is 6.20 Å². The molecule has 1 aromatic heterocycles. The second-order valence-corrected chi connectivity index (χ2v) is 6.81. The van der Waals surface area contributed by atoms with Crippen LogP contribution in [0.1, 0.15) is 87.8 Å². The van der Waals surface area contributed by atoms with E-state index in [1.807, 2.05) is 0 Å². The standard InChI is InChI=1S/C18H29N3/c1-3-10-19-16-6-5-7-17-15(16)12-20-18(21-17)14-9-8-13(4-2)11-14/h12-14,16,19H,3-11H2,1-2H3. The van der Waals surface area contributed by atoms with Gasteiger partial charge in [-0.2, -0.15) is 0 Å². The SMILES string of the molecule is CCCNC1CCCc2nc(C3CCC(CC)C3)ncc21. The number of nitrogens with zero attached hydrogens (tertiary/aromatic N) is 2. The summed E-state index contributed by atoms with van der Waals surface area (Å²) >= 11 is 0. The molecule has 2 aliphatic carbocycles. The molecule has 3 rings (SSSR count). The van der Waals surface area contributed by atoms with Crippen LogP contribution in [-0.4, -0.2) is 16.5 Å². The van der Waals surface area contributed by atoms with E-state index in [-0.39, 0.29) is 0 Å². The Morgan fingerprint density at radius 2 is 2.14 bits per heavy atom. The van der Waals surface area contributed by atoms with Gasteiger partial charge in [0, 0.05) is 29.4 Å². The lowest BCUT2D eigenvalue weighted by molar-refractivity contribution is 0.449. The molecule has 1 saturated carbocycles. The quantitative estimate of drug-likeness (QED) is 0.884. The van der Waals surface area contributed by atoms with Crippen LogP contribution in [0.25, 0.3) is 0 Å². The highest BCUT2D eigenvalue weighted by Crippen LogP contribution is 2.39. The van der Waals surface area contributed by atoms with Gasteiger partial charge in [0.25, 0.3) is 0 Å². The van der Waals surface area contributed by atoms with E-state index in [2.05, 4.69) is 25.4 Å². The number of nitrogens with one attached hydrogen (secondary N) is 1. The highest BCUT2D eigenvalue weighted by Gasteiger charge is 2.28. The number of fused-ring (bicyclic) bond motifs is 1. The first kappa shape index (κ1) is 15.0. The van der Waals surface area contributed by atoms with E-state index in [1.165, 1.54) is 56.2 Å². The van der Waals surface area contributed by atoms with Crippen molar-refractivity contribution in [2.24, 2.45) is 5.92 Å². The molecule has 1 N–H and O–H groups in total. The van der Waals surface area contributed by atoms with Gasteiger partial charge in [-0.25, -0.2) is 9.97 Å². The third-order valence-electron chi connectivity index (χ3n) is 5.32. The molecule has 3 unspecified atom stereocenters. The van der Waals surface area contributed by atoms with Crippen LogP contribution in [0.2, 0.25) is 0 Å². The van der Waals surface area contributed by atoms with Gasteiger partial charge in [0.15, 0.2) is 0 Å². The lowest BCUT2D eigenvalue weighted by atomic mass is 9.91. The monoisotopic (exact) mass is 287 g/mol. The van der Waals surface area contributed by atoms with Crippen molar-refractivity contribution in [3.63, 3.8) is 0 Å². The number of aromatic nitrogens is 2. The van der Waals surface area contributed by atoms with Crippen LogP contribution in [0, 0.1) is 5.92 Å². The third-order valence-corrected chi connectivity index (χ3v) is 5.32. The van der Waals surface area contributed by atoms with Crippen molar-refractivity contribution in [2.45, 2.75) is 77.2 Å². The van der Waals surface area contributed by atoms with Gasteiger partial charge in [-0.15, -0.1) is 0 Å². The normalized spacial score (nSPS) is 28.6. The molecular formula is C18H29N3. The van der Waals surface area contributed by atoms with Gasteiger partial charge in [-0.1, -0.05) is 20.3 Å². The lowest BCUT2D eigenvalue weighted by Crippen LogP contribution is -2.27. The molecule has 0 bridgehead atoms. The minimum Gasteiger partial charge on any atom is -0.310 e. The summed E-state index contributed by atoms with van der Waals surface area (Å²) in [6, 6.07) is 0.481. The van der Waals surface area contributed by atoms with E-state index in [0.29, 0.717) is 12.0 Å². The van der Waals surface area contributed by atoms with Gasteiger partial charge < -0.3 is 5.32 Å². The van der Waals surface area contributed by atoms with Gasteiger partial charge in [-0.3, -0.25) is 0 Å². The molecule has 1 aromatic rings. The fourth-order valence-electron chi connectivity index (χ4n) is 3.97. The lowest BCUT2D eigenvalue weighted by Gasteiger charge is -2.26. The summed E-state index contributed by atoms with van der Waals surface area (Å²) in [6.07, 6.45) is 12.2. The van der Waals surface area contributed by atoms with Crippen LogP contribution in [0.5, 0.6) is 0 Å². The maximum Gasteiger partial charge on any atom is 0.131 e. The highest BCUT2D eigenvalue weighted by atomic mass is 14.9. The highest BCUT2D eigenvalue weighted by molar-refractivity contribution is 5.25. The van der Waals surface area contributed by atoms with Crippen LogP contribution >= 0.6 is 0 Å². The number of hydrogen-bond acceptors (Lipinski definition) is 3. The van der Waals surface area contributed by atoms with E-state index in [9.17, 15) is 0 Å². The Hall–Kier alpha value is -0.960. The van der Waals surface area contributed by atoms with Gasteiger partial charge in [0.2, 0.25) is 0 Å². The molecule has 116 valence electrons. The molecule has 1 heterocycles. The molecule has 21 heavy (non-hydrogen) atoms. The van der Waals surface area contributed by atoms with Crippen molar-refractivity contribution in [2.75, 3.05) is 6.54 Å².